The third-order valence-corrected chi connectivity index (χ3v) is 0.742. The van der Waals surface area contributed by atoms with E-state index >= 15 is 0 Å². The van der Waals surface area contributed by atoms with E-state index in [0.29, 0.717) is 0 Å². The zero-order valence-corrected chi connectivity index (χ0v) is 5.39. The van der Waals surface area contributed by atoms with Gasteiger partial charge >= 0.3 is 0 Å². The molecule has 0 aromatic rings. The zero-order valence-electron chi connectivity index (χ0n) is 5.39. The van der Waals surface area contributed by atoms with Crippen molar-refractivity contribution in [2.75, 3.05) is 19.8 Å². The maximum absolute atomic E-state index is 5.09. The van der Waals surface area contributed by atoms with Crippen molar-refractivity contribution in [3.8, 4) is 0 Å². The summed E-state index contributed by atoms with van der Waals surface area (Å²) in [6, 6.07) is 0. The molecule has 48 valence electrons. The van der Waals surface area contributed by atoms with Crippen molar-refractivity contribution in [2.45, 2.75) is 13.3 Å². The van der Waals surface area contributed by atoms with Gasteiger partial charge in [-0.25, -0.2) is 0 Å². The first-order valence-electron chi connectivity index (χ1n) is 2.92. The highest BCUT2D eigenvalue weighted by atomic mass is 16.5. The van der Waals surface area contributed by atoms with Gasteiger partial charge in [-0.2, -0.15) is 0 Å². The molecule has 0 bridgehead atoms. The molecule has 0 unspecified atom stereocenters. The van der Waals surface area contributed by atoms with E-state index in [1.54, 1.807) is 0 Å². The van der Waals surface area contributed by atoms with E-state index in [2.05, 4.69) is 18.6 Å². The Morgan fingerprint density at radius 3 is 2.75 bits per heavy atom. The summed E-state index contributed by atoms with van der Waals surface area (Å²) in [4.78, 5) is 3.63. The second-order valence-electron chi connectivity index (χ2n) is 1.56. The Morgan fingerprint density at radius 2 is 2.25 bits per heavy atom. The molecular weight excluding hydrogens is 102 g/mol. The molecule has 0 spiro atoms. The Hall–Kier alpha value is -0.370. The molecule has 0 radical (unpaired) electrons. The van der Waals surface area contributed by atoms with Crippen LogP contribution < -0.4 is 0 Å². The van der Waals surface area contributed by atoms with Crippen molar-refractivity contribution in [2.24, 2.45) is 4.99 Å². The molecule has 0 saturated heterocycles. The van der Waals surface area contributed by atoms with Gasteiger partial charge in [0, 0.05) is 6.61 Å². The molecule has 0 amide bonds. The minimum Gasteiger partial charge on any atom is -0.380 e. The Labute approximate surface area is 50.6 Å². The van der Waals surface area contributed by atoms with Crippen molar-refractivity contribution in [1.29, 1.82) is 0 Å². The Morgan fingerprint density at radius 1 is 1.50 bits per heavy atom. The third-order valence-electron chi connectivity index (χ3n) is 0.742. The quantitative estimate of drug-likeness (QED) is 0.388. The Kier molecular flexibility index (Phi) is 6.32. The monoisotopic (exact) mass is 115 g/mol. The summed E-state index contributed by atoms with van der Waals surface area (Å²) in [5.74, 6) is 0. The fraction of sp³-hybridized carbons (Fsp3) is 0.833. The van der Waals surface area contributed by atoms with Crippen molar-refractivity contribution in [1.82, 2.24) is 0 Å². The van der Waals surface area contributed by atoms with Crippen LogP contribution in [0.3, 0.4) is 0 Å². The number of nitrogens with zero attached hydrogens (tertiary/aromatic N) is 1. The van der Waals surface area contributed by atoms with Crippen LogP contribution in [-0.2, 0) is 4.74 Å². The van der Waals surface area contributed by atoms with Crippen LogP contribution in [0.2, 0.25) is 0 Å². The van der Waals surface area contributed by atoms with Crippen LogP contribution in [-0.4, -0.2) is 26.5 Å². The second kappa shape index (κ2) is 6.63. The maximum atomic E-state index is 5.09. The van der Waals surface area contributed by atoms with Crippen LogP contribution in [0.1, 0.15) is 13.3 Å². The first kappa shape index (κ1) is 7.63. The summed E-state index contributed by atoms with van der Waals surface area (Å²) < 4.78 is 5.09. The first-order valence-corrected chi connectivity index (χ1v) is 2.92. The van der Waals surface area contributed by atoms with Crippen LogP contribution in [0.15, 0.2) is 4.99 Å². The van der Waals surface area contributed by atoms with Gasteiger partial charge in [-0.05, 0) is 13.1 Å². The lowest BCUT2D eigenvalue weighted by molar-refractivity contribution is 0.142. The normalized spacial score (nSPS) is 9.12. The molecule has 0 saturated carbocycles. The standard InChI is InChI=1S/C6H13NO/c1-3-5-8-6-4-7-2/h2-6H2,1H3. The van der Waals surface area contributed by atoms with E-state index in [1.165, 1.54) is 0 Å². The number of aliphatic imine (C=N–C) groups is 1. The highest BCUT2D eigenvalue weighted by Crippen LogP contribution is 1.78. The van der Waals surface area contributed by atoms with Gasteiger partial charge in [0.15, 0.2) is 0 Å². The molecule has 2 nitrogen and oxygen atoms in total. The van der Waals surface area contributed by atoms with Crippen LogP contribution >= 0.6 is 0 Å². The largest absolute Gasteiger partial charge is 0.380 e. The zero-order chi connectivity index (χ0) is 6.24. The molecule has 0 N–H and O–H groups in total. The van der Waals surface area contributed by atoms with Gasteiger partial charge in [0.1, 0.15) is 0 Å². The van der Waals surface area contributed by atoms with Crippen LogP contribution in [0.25, 0.3) is 0 Å². The minimum atomic E-state index is 0.720. The second-order valence-corrected chi connectivity index (χ2v) is 1.56. The Balaban J connectivity index is 2.62. The van der Waals surface area contributed by atoms with Crippen molar-refractivity contribution in [3.05, 3.63) is 0 Å². The predicted octanol–water partition coefficient (Wildman–Crippen LogP) is 1.11. The highest BCUT2D eigenvalue weighted by molar-refractivity contribution is 5.22. The lowest BCUT2D eigenvalue weighted by Crippen LogP contribution is -1.97. The smallest absolute Gasteiger partial charge is 0.0661 e. The van der Waals surface area contributed by atoms with E-state index in [-0.39, 0.29) is 0 Å². The summed E-state index contributed by atoms with van der Waals surface area (Å²) in [5, 5.41) is 0. The summed E-state index contributed by atoms with van der Waals surface area (Å²) >= 11 is 0. The molecule has 2 heteroatoms. The predicted molar refractivity (Wildman–Crippen MR) is 35.5 cm³/mol. The number of rotatable bonds is 5. The number of hydrogen-bond acceptors (Lipinski definition) is 2. The fourth-order valence-corrected chi connectivity index (χ4v) is 0.375. The minimum absolute atomic E-state index is 0.720. The van der Waals surface area contributed by atoms with Gasteiger partial charge in [0.25, 0.3) is 0 Å². The molecule has 0 rings (SSSR count). The molecule has 0 aliphatic rings. The molecule has 0 aromatic carbocycles. The molecule has 0 atom stereocenters. The van der Waals surface area contributed by atoms with Gasteiger partial charge in [0.05, 0.1) is 13.2 Å². The Bertz CT molecular complexity index is 54.5. The maximum Gasteiger partial charge on any atom is 0.0661 e. The average molecular weight is 115 g/mol. The first-order chi connectivity index (χ1) is 3.91. The SMILES string of the molecule is C=NCCOCCC. The van der Waals surface area contributed by atoms with Gasteiger partial charge in [-0.1, -0.05) is 6.92 Å². The lowest BCUT2D eigenvalue weighted by Gasteiger charge is -1.95. The van der Waals surface area contributed by atoms with Gasteiger partial charge in [-0.15, -0.1) is 0 Å². The summed E-state index contributed by atoms with van der Waals surface area (Å²) in [6.45, 7) is 7.70. The van der Waals surface area contributed by atoms with Crippen molar-refractivity contribution in [3.63, 3.8) is 0 Å². The van der Waals surface area contributed by atoms with Crippen LogP contribution in [0, 0.1) is 0 Å². The van der Waals surface area contributed by atoms with E-state index in [4.69, 9.17) is 4.74 Å². The lowest BCUT2D eigenvalue weighted by atomic mass is 10.5. The van der Waals surface area contributed by atoms with Gasteiger partial charge < -0.3 is 4.74 Å². The fourth-order valence-electron chi connectivity index (χ4n) is 0.375. The van der Waals surface area contributed by atoms with E-state index < -0.39 is 0 Å². The van der Waals surface area contributed by atoms with Crippen molar-refractivity contribution >= 4 is 6.72 Å². The molecule has 0 aliphatic carbocycles. The van der Waals surface area contributed by atoms with E-state index in [9.17, 15) is 0 Å². The van der Waals surface area contributed by atoms with Crippen molar-refractivity contribution < 1.29 is 4.74 Å². The molecule has 0 aromatic heterocycles. The van der Waals surface area contributed by atoms with Gasteiger partial charge in [0.2, 0.25) is 0 Å². The molecule has 0 fully saturated rings. The summed E-state index contributed by atoms with van der Waals surface area (Å²) in [6.07, 6.45) is 1.08. The summed E-state index contributed by atoms with van der Waals surface area (Å²) in [7, 11) is 0. The van der Waals surface area contributed by atoms with E-state index in [0.717, 1.165) is 26.2 Å². The number of hydrogen-bond donors (Lipinski definition) is 0. The van der Waals surface area contributed by atoms with Crippen LogP contribution in [0.5, 0.6) is 0 Å². The molecule has 0 aliphatic heterocycles. The summed E-state index contributed by atoms with van der Waals surface area (Å²) in [5.41, 5.74) is 0. The van der Waals surface area contributed by atoms with Crippen LogP contribution in [0.4, 0.5) is 0 Å². The third kappa shape index (κ3) is 5.63. The van der Waals surface area contributed by atoms with E-state index in [1.807, 2.05) is 0 Å². The van der Waals surface area contributed by atoms with Gasteiger partial charge in [-0.3, -0.25) is 4.99 Å². The average Bonchev–Trinajstić information content (AvgIpc) is 1.81. The molecule has 8 heavy (non-hydrogen) atoms. The molecular formula is C6H13NO. The highest BCUT2D eigenvalue weighted by Gasteiger charge is 1.80. The number of ether oxygens (including phenoxy) is 1. The topological polar surface area (TPSA) is 21.6 Å². The molecule has 0 heterocycles.